The summed E-state index contributed by atoms with van der Waals surface area (Å²) in [6, 6.07) is 0. The Balaban J connectivity index is 2.17. The second-order valence-corrected chi connectivity index (χ2v) is 7.72. The van der Waals surface area contributed by atoms with Crippen LogP contribution in [0.1, 0.15) is 79.1 Å². The molecule has 21 heavy (non-hydrogen) atoms. The van der Waals surface area contributed by atoms with E-state index in [-0.39, 0.29) is 0 Å². The lowest BCUT2D eigenvalue weighted by Gasteiger charge is -2.23. The average molecular weight is 288 g/mol. The number of rotatable bonds is 2. The lowest BCUT2D eigenvalue weighted by molar-refractivity contribution is 0.0844. The first-order valence-electron chi connectivity index (χ1n) is 9.16. The molecule has 1 heterocycles. The molecule has 2 heteroatoms. The Morgan fingerprint density at radius 3 is 2.14 bits per heavy atom. The van der Waals surface area contributed by atoms with Gasteiger partial charge in [0, 0.05) is 11.8 Å². The lowest BCUT2D eigenvalue weighted by Crippen LogP contribution is -2.21. The summed E-state index contributed by atoms with van der Waals surface area (Å²) in [5.41, 5.74) is 1.61. The molecule has 2 rings (SSSR count). The Hall–Kier alpha value is -0.395. The molecule has 0 spiro atoms. The van der Waals surface area contributed by atoms with Gasteiger partial charge in [-0.3, -0.25) is 0 Å². The monoisotopic (exact) mass is 288 g/mol. The van der Waals surface area contributed by atoms with Gasteiger partial charge in [0.1, 0.15) is 6.10 Å². The van der Waals surface area contributed by atoms with E-state index in [1.54, 1.807) is 5.57 Å². The van der Waals surface area contributed by atoms with Crippen LogP contribution in [0.2, 0.25) is 5.82 Å². The molecule has 0 aromatic rings. The van der Waals surface area contributed by atoms with Crippen LogP contribution in [0.4, 0.5) is 0 Å². The zero-order chi connectivity index (χ0) is 15.4. The van der Waals surface area contributed by atoms with Crippen LogP contribution >= 0.6 is 0 Å². The van der Waals surface area contributed by atoms with Crippen molar-refractivity contribution < 1.29 is 4.74 Å². The first kappa shape index (κ1) is 17.0. The van der Waals surface area contributed by atoms with Crippen LogP contribution in [0.25, 0.3) is 0 Å². The summed E-state index contributed by atoms with van der Waals surface area (Å²) in [5, 5.41) is 0. The zero-order valence-electron chi connectivity index (χ0n) is 14.5. The second-order valence-electron chi connectivity index (χ2n) is 7.72. The van der Waals surface area contributed by atoms with Crippen LogP contribution in [-0.4, -0.2) is 14.0 Å². The van der Waals surface area contributed by atoms with Gasteiger partial charge in [0.05, 0.1) is 13.6 Å². The molecule has 3 unspecified atom stereocenters. The van der Waals surface area contributed by atoms with Crippen molar-refractivity contribution in [1.29, 1.82) is 0 Å². The minimum absolute atomic E-state index is 0.373. The first-order valence-corrected chi connectivity index (χ1v) is 9.16. The molecular formula is C19H33BO. The molecule has 2 aliphatic rings. The van der Waals surface area contributed by atoms with Crippen LogP contribution < -0.4 is 0 Å². The highest BCUT2D eigenvalue weighted by atomic mass is 16.5. The van der Waals surface area contributed by atoms with Gasteiger partial charge in [0.2, 0.25) is 0 Å². The molecule has 1 saturated carbocycles. The van der Waals surface area contributed by atoms with Crippen molar-refractivity contribution >= 4 is 7.85 Å². The molecule has 1 aliphatic heterocycles. The molecule has 0 aromatic carbocycles. The highest BCUT2D eigenvalue weighted by Gasteiger charge is 2.38. The third-order valence-corrected chi connectivity index (χ3v) is 5.22. The van der Waals surface area contributed by atoms with E-state index in [1.165, 1.54) is 44.3 Å². The molecule has 1 nitrogen and oxygen atoms in total. The Morgan fingerprint density at radius 2 is 1.52 bits per heavy atom. The molecule has 3 atom stereocenters. The van der Waals surface area contributed by atoms with E-state index < -0.39 is 0 Å². The fourth-order valence-electron chi connectivity index (χ4n) is 4.13. The minimum Gasteiger partial charge on any atom is -0.494 e. The molecule has 2 radical (unpaired) electrons. The maximum Gasteiger partial charge on any atom is 0.105 e. The molecule has 0 bridgehead atoms. The van der Waals surface area contributed by atoms with E-state index in [0.29, 0.717) is 29.7 Å². The van der Waals surface area contributed by atoms with Crippen molar-refractivity contribution in [2.45, 2.75) is 91.0 Å². The van der Waals surface area contributed by atoms with Crippen LogP contribution in [0, 0.1) is 17.8 Å². The van der Waals surface area contributed by atoms with Gasteiger partial charge in [0.15, 0.2) is 0 Å². The van der Waals surface area contributed by atoms with E-state index in [1.807, 2.05) is 0 Å². The molecule has 1 fully saturated rings. The summed E-state index contributed by atoms with van der Waals surface area (Å²) >= 11 is 0. The maximum atomic E-state index is 6.45. The SMILES string of the molecule is [B]C1CCCCCCC2C(C(C)C)=C(C(C)C)OC2CC1. The van der Waals surface area contributed by atoms with Crippen molar-refractivity contribution in [2.24, 2.45) is 17.8 Å². The standard InChI is InChI=1S/C19H33BO/c1-13(2)18-16-10-8-6-5-7-9-15(20)11-12-17(16)21-19(18)14(3)4/h13-17H,5-12H2,1-4H3. The van der Waals surface area contributed by atoms with Crippen LogP contribution in [0.15, 0.2) is 11.3 Å². The Bertz CT molecular complexity index is 359. The minimum atomic E-state index is 0.373. The molecule has 1 aliphatic carbocycles. The van der Waals surface area contributed by atoms with Gasteiger partial charge in [0.25, 0.3) is 0 Å². The van der Waals surface area contributed by atoms with Crippen LogP contribution in [0.5, 0.6) is 0 Å². The van der Waals surface area contributed by atoms with Gasteiger partial charge in [-0.05, 0) is 24.3 Å². The number of fused-ring (bicyclic) bond motifs is 1. The molecule has 118 valence electrons. The molecule has 0 N–H and O–H groups in total. The summed E-state index contributed by atoms with van der Waals surface area (Å²) in [4.78, 5) is 0. The van der Waals surface area contributed by atoms with Gasteiger partial charge in [-0.25, -0.2) is 0 Å². The number of hydrogen-bond donors (Lipinski definition) is 0. The number of ether oxygens (including phenoxy) is 1. The van der Waals surface area contributed by atoms with Gasteiger partial charge in [-0.2, -0.15) is 0 Å². The molecule has 0 amide bonds. The van der Waals surface area contributed by atoms with Gasteiger partial charge >= 0.3 is 0 Å². The zero-order valence-corrected chi connectivity index (χ0v) is 14.5. The predicted molar refractivity (Wildman–Crippen MR) is 91.5 cm³/mol. The van der Waals surface area contributed by atoms with E-state index in [2.05, 4.69) is 27.7 Å². The van der Waals surface area contributed by atoms with Crippen molar-refractivity contribution in [3.05, 3.63) is 11.3 Å². The highest BCUT2D eigenvalue weighted by Crippen LogP contribution is 2.44. The maximum absolute atomic E-state index is 6.45. The summed E-state index contributed by atoms with van der Waals surface area (Å²) < 4.78 is 6.45. The second kappa shape index (κ2) is 7.74. The lowest BCUT2D eigenvalue weighted by atomic mass is 9.77. The Morgan fingerprint density at radius 1 is 0.857 bits per heavy atom. The third-order valence-electron chi connectivity index (χ3n) is 5.22. The average Bonchev–Trinajstić information content (AvgIpc) is 2.77. The fraction of sp³-hybridized carbons (Fsp3) is 0.895. The normalized spacial score (nSPS) is 32.0. The van der Waals surface area contributed by atoms with E-state index in [0.717, 1.165) is 12.8 Å². The quantitative estimate of drug-likeness (QED) is 0.596. The summed E-state index contributed by atoms with van der Waals surface area (Å²) in [5.74, 6) is 3.43. The topological polar surface area (TPSA) is 9.23 Å². The van der Waals surface area contributed by atoms with Gasteiger partial charge < -0.3 is 4.74 Å². The number of hydrogen-bond acceptors (Lipinski definition) is 1. The van der Waals surface area contributed by atoms with E-state index in [9.17, 15) is 0 Å². The van der Waals surface area contributed by atoms with Crippen molar-refractivity contribution in [3.8, 4) is 0 Å². The highest BCUT2D eigenvalue weighted by molar-refractivity contribution is 6.11. The van der Waals surface area contributed by atoms with Crippen molar-refractivity contribution in [1.82, 2.24) is 0 Å². The smallest absolute Gasteiger partial charge is 0.105 e. The Labute approximate surface area is 133 Å². The van der Waals surface area contributed by atoms with Gasteiger partial charge in [-0.1, -0.05) is 72.0 Å². The summed E-state index contributed by atoms with van der Waals surface area (Å²) in [6.45, 7) is 9.21. The van der Waals surface area contributed by atoms with Crippen molar-refractivity contribution in [2.75, 3.05) is 0 Å². The fourth-order valence-corrected chi connectivity index (χ4v) is 4.13. The number of allylic oxidation sites excluding steroid dienone is 1. The Kier molecular flexibility index (Phi) is 6.26. The first-order chi connectivity index (χ1) is 10.0. The molecule has 0 saturated heterocycles. The molecule has 0 aromatic heterocycles. The third kappa shape index (κ3) is 4.30. The van der Waals surface area contributed by atoms with Crippen LogP contribution in [0.3, 0.4) is 0 Å². The van der Waals surface area contributed by atoms with Crippen molar-refractivity contribution in [3.63, 3.8) is 0 Å². The molecular weight excluding hydrogens is 255 g/mol. The van der Waals surface area contributed by atoms with Gasteiger partial charge in [-0.15, -0.1) is 0 Å². The largest absolute Gasteiger partial charge is 0.494 e. The predicted octanol–water partition coefficient (Wildman–Crippen LogP) is 5.66. The van der Waals surface area contributed by atoms with Crippen LogP contribution in [-0.2, 0) is 4.74 Å². The summed E-state index contributed by atoms with van der Waals surface area (Å²) in [7, 11) is 6.28. The summed E-state index contributed by atoms with van der Waals surface area (Å²) in [6.07, 6.45) is 10.5. The van der Waals surface area contributed by atoms with E-state index >= 15 is 0 Å². The van der Waals surface area contributed by atoms with E-state index in [4.69, 9.17) is 12.6 Å².